The number of carbonyl (C=O) groups is 1. The highest BCUT2D eigenvalue weighted by Gasteiger charge is 2.47. The number of amides is 1. The number of aromatic nitrogens is 2. The van der Waals surface area contributed by atoms with Gasteiger partial charge in [0.1, 0.15) is 17.3 Å². The zero-order valence-electron chi connectivity index (χ0n) is 15.6. The molecular weight excluding hydrogens is 414 g/mol. The van der Waals surface area contributed by atoms with Crippen molar-refractivity contribution in [2.75, 3.05) is 0 Å². The zero-order valence-corrected chi connectivity index (χ0v) is 15.6. The summed E-state index contributed by atoms with van der Waals surface area (Å²) in [7, 11) is 0. The van der Waals surface area contributed by atoms with Crippen molar-refractivity contribution in [3.05, 3.63) is 52.9 Å². The van der Waals surface area contributed by atoms with Crippen LogP contribution in [0.5, 0.6) is 0 Å². The van der Waals surface area contributed by atoms with Crippen molar-refractivity contribution in [3.8, 4) is 0 Å². The lowest BCUT2D eigenvalue weighted by Gasteiger charge is -2.36. The van der Waals surface area contributed by atoms with Gasteiger partial charge in [-0.25, -0.2) is 18.2 Å². The highest BCUT2D eigenvalue weighted by atomic mass is 19.4. The Balaban J connectivity index is 1.48. The van der Waals surface area contributed by atoms with Crippen molar-refractivity contribution < 1.29 is 31.1 Å². The van der Waals surface area contributed by atoms with Gasteiger partial charge < -0.3 is 15.2 Å². The summed E-state index contributed by atoms with van der Waals surface area (Å²) >= 11 is 0. The van der Waals surface area contributed by atoms with Gasteiger partial charge in [-0.05, 0) is 30.9 Å². The predicted octanol–water partition coefficient (Wildman–Crippen LogP) is 3.33. The Kier molecular flexibility index (Phi) is 5.03. The smallest absolute Gasteiger partial charge is 0.328 e. The lowest BCUT2D eigenvalue weighted by molar-refractivity contribution is -0.145. The van der Waals surface area contributed by atoms with Gasteiger partial charge in [-0.15, -0.1) is 0 Å². The molecular formula is C19H18F6N4O. The highest BCUT2D eigenvalue weighted by molar-refractivity contribution is 5.78. The molecule has 0 aliphatic carbocycles. The number of fused-ring (bicyclic) bond motifs is 4. The summed E-state index contributed by atoms with van der Waals surface area (Å²) in [6.45, 7) is -0.0144. The van der Waals surface area contributed by atoms with E-state index in [1.54, 1.807) is 0 Å². The number of alkyl halides is 3. The molecule has 0 saturated carbocycles. The van der Waals surface area contributed by atoms with E-state index in [-0.39, 0.29) is 36.7 Å². The Morgan fingerprint density at radius 3 is 2.57 bits per heavy atom. The van der Waals surface area contributed by atoms with E-state index in [2.05, 4.69) is 4.98 Å². The van der Waals surface area contributed by atoms with Gasteiger partial charge in [-0.3, -0.25) is 4.79 Å². The number of benzene rings is 1. The minimum absolute atomic E-state index is 0.0144. The Bertz CT molecular complexity index is 988. The summed E-state index contributed by atoms with van der Waals surface area (Å²) in [5.41, 5.74) is 4.95. The topological polar surface area (TPSA) is 64.2 Å². The lowest BCUT2D eigenvalue weighted by atomic mass is 10.0. The molecule has 3 atom stereocenters. The van der Waals surface area contributed by atoms with Crippen molar-refractivity contribution in [3.63, 3.8) is 0 Å². The van der Waals surface area contributed by atoms with Gasteiger partial charge in [-0.1, -0.05) is 0 Å². The number of rotatable bonds is 4. The molecule has 5 nitrogen and oxygen atoms in total. The summed E-state index contributed by atoms with van der Waals surface area (Å²) in [5, 5.41) is 0. The average molecular weight is 432 g/mol. The molecule has 0 radical (unpaired) electrons. The zero-order chi connectivity index (χ0) is 21.8. The van der Waals surface area contributed by atoms with Crippen LogP contribution in [0.4, 0.5) is 26.3 Å². The molecule has 2 N–H and O–H groups in total. The molecule has 2 aliphatic heterocycles. The Morgan fingerprint density at radius 2 is 1.87 bits per heavy atom. The fourth-order valence-electron chi connectivity index (χ4n) is 4.38. The Morgan fingerprint density at radius 1 is 1.17 bits per heavy atom. The van der Waals surface area contributed by atoms with Crippen molar-refractivity contribution in [2.45, 2.75) is 56.5 Å². The average Bonchev–Trinajstić information content (AvgIpc) is 3.21. The minimum atomic E-state index is -4.53. The molecule has 162 valence electrons. The van der Waals surface area contributed by atoms with Gasteiger partial charge >= 0.3 is 6.18 Å². The van der Waals surface area contributed by atoms with E-state index in [1.807, 2.05) is 0 Å². The summed E-state index contributed by atoms with van der Waals surface area (Å²) in [4.78, 5) is 18.2. The van der Waals surface area contributed by atoms with Crippen LogP contribution in [0.1, 0.15) is 42.4 Å². The van der Waals surface area contributed by atoms with Gasteiger partial charge in [0.25, 0.3) is 0 Å². The number of hydrogen-bond acceptors (Lipinski definition) is 3. The van der Waals surface area contributed by atoms with E-state index in [9.17, 15) is 31.1 Å². The van der Waals surface area contributed by atoms with Crippen LogP contribution < -0.4 is 5.73 Å². The molecule has 1 fully saturated rings. The maximum atomic E-state index is 13.8. The Hall–Kier alpha value is -2.56. The van der Waals surface area contributed by atoms with E-state index in [0.717, 1.165) is 10.8 Å². The minimum Gasteiger partial charge on any atom is -0.328 e. The molecule has 2 aliphatic rings. The monoisotopic (exact) mass is 432 g/mol. The number of halogens is 6. The number of carbonyl (C=O) groups excluding carboxylic acids is 1. The van der Waals surface area contributed by atoms with E-state index in [4.69, 9.17) is 5.73 Å². The van der Waals surface area contributed by atoms with Crippen LogP contribution in [0.15, 0.2) is 18.3 Å². The summed E-state index contributed by atoms with van der Waals surface area (Å²) in [6.07, 6.45) is -3.14. The molecule has 1 aromatic heterocycles. The van der Waals surface area contributed by atoms with E-state index in [1.165, 1.54) is 4.90 Å². The van der Waals surface area contributed by atoms with Gasteiger partial charge in [0.2, 0.25) is 5.91 Å². The van der Waals surface area contributed by atoms with Crippen LogP contribution in [-0.4, -0.2) is 32.4 Å². The SMILES string of the molecule is N[C@@H](CC(=O)N1[C@@H]2CC[C@@H]1c1ncc(C(F)(F)F)n1C2)Cc1cc(F)c(F)cc1F. The first kappa shape index (κ1) is 20.7. The summed E-state index contributed by atoms with van der Waals surface area (Å²) < 4.78 is 80.8. The maximum Gasteiger partial charge on any atom is 0.433 e. The van der Waals surface area contributed by atoms with Crippen LogP contribution >= 0.6 is 0 Å². The first-order chi connectivity index (χ1) is 14.1. The van der Waals surface area contributed by atoms with E-state index < -0.39 is 47.4 Å². The summed E-state index contributed by atoms with van der Waals surface area (Å²) in [5.74, 6) is -3.70. The molecule has 2 bridgehead atoms. The first-order valence-electron chi connectivity index (χ1n) is 9.39. The fourth-order valence-corrected chi connectivity index (χ4v) is 4.38. The van der Waals surface area contributed by atoms with Gasteiger partial charge in [0.05, 0.1) is 18.3 Å². The van der Waals surface area contributed by atoms with Crippen molar-refractivity contribution >= 4 is 5.91 Å². The predicted molar refractivity (Wildman–Crippen MR) is 92.5 cm³/mol. The lowest BCUT2D eigenvalue weighted by Crippen LogP contribution is -2.46. The van der Waals surface area contributed by atoms with Crippen LogP contribution in [0.3, 0.4) is 0 Å². The molecule has 0 unspecified atom stereocenters. The molecule has 4 rings (SSSR count). The van der Waals surface area contributed by atoms with Crippen LogP contribution in [0.2, 0.25) is 0 Å². The maximum absolute atomic E-state index is 13.8. The quantitative estimate of drug-likeness (QED) is 0.596. The number of hydrogen-bond donors (Lipinski definition) is 1. The molecule has 1 aromatic carbocycles. The third-order valence-electron chi connectivity index (χ3n) is 5.67. The third-order valence-corrected chi connectivity index (χ3v) is 5.67. The second kappa shape index (κ2) is 7.29. The molecule has 0 spiro atoms. The van der Waals surface area contributed by atoms with E-state index in [0.29, 0.717) is 25.0 Å². The Labute approximate surface area is 167 Å². The number of imidazole rings is 1. The third kappa shape index (κ3) is 3.55. The number of nitrogens with zero attached hydrogens (tertiary/aromatic N) is 3. The molecule has 1 amide bonds. The molecule has 1 saturated heterocycles. The second-order valence-electron chi connectivity index (χ2n) is 7.68. The standard InChI is InChI=1S/C19H18F6N4O/c20-12-6-14(22)13(21)4-9(12)3-10(26)5-17(30)29-11-1-2-15(29)18-27-7-16(19(23,24)25)28(18)8-11/h4,6-7,10-11,15H,1-3,5,8,26H2/t10-,11-,15-/m1/s1. The molecule has 2 aromatic rings. The van der Waals surface area contributed by atoms with Crippen LogP contribution in [0.25, 0.3) is 0 Å². The van der Waals surface area contributed by atoms with Crippen molar-refractivity contribution in [1.82, 2.24) is 14.5 Å². The van der Waals surface area contributed by atoms with Gasteiger partial charge in [0.15, 0.2) is 11.6 Å². The summed E-state index contributed by atoms with van der Waals surface area (Å²) in [6, 6.07) is -0.752. The van der Waals surface area contributed by atoms with Gasteiger partial charge in [-0.2, -0.15) is 13.2 Å². The molecule has 30 heavy (non-hydrogen) atoms. The largest absolute Gasteiger partial charge is 0.433 e. The first-order valence-corrected chi connectivity index (χ1v) is 9.39. The van der Waals surface area contributed by atoms with Crippen LogP contribution in [-0.2, 0) is 23.9 Å². The molecule has 11 heteroatoms. The number of nitrogens with two attached hydrogens (primary N) is 1. The van der Waals surface area contributed by atoms with Crippen molar-refractivity contribution in [2.24, 2.45) is 5.73 Å². The normalized spacial score (nSPS) is 21.6. The molecule has 3 heterocycles. The van der Waals surface area contributed by atoms with Crippen LogP contribution in [0, 0.1) is 17.5 Å². The van der Waals surface area contributed by atoms with Crippen molar-refractivity contribution in [1.29, 1.82) is 0 Å². The van der Waals surface area contributed by atoms with E-state index >= 15 is 0 Å². The highest BCUT2D eigenvalue weighted by Crippen LogP contribution is 2.43. The second-order valence-corrected chi connectivity index (χ2v) is 7.68. The van der Waals surface area contributed by atoms with Gasteiger partial charge in [0, 0.05) is 25.1 Å². The fraction of sp³-hybridized carbons (Fsp3) is 0.474.